The van der Waals surface area contributed by atoms with Crippen LogP contribution in [0.15, 0.2) is 168 Å². The zero-order valence-corrected chi connectivity index (χ0v) is 24.2. The van der Waals surface area contributed by atoms with Crippen molar-refractivity contribution in [3.63, 3.8) is 0 Å². The zero-order chi connectivity index (χ0) is 28.3. The van der Waals surface area contributed by atoms with Crippen LogP contribution >= 0.6 is 11.8 Å². The summed E-state index contributed by atoms with van der Waals surface area (Å²) in [7, 11) is 0. The molecule has 0 nitrogen and oxygen atoms in total. The topological polar surface area (TPSA) is 0 Å². The predicted octanol–water partition coefficient (Wildman–Crippen LogP) is 12.3. The zero-order valence-electron chi connectivity index (χ0n) is 23.4. The molecule has 0 saturated heterocycles. The van der Waals surface area contributed by atoms with Gasteiger partial charge in [0.15, 0.2) is 0 Å². The van der Waals surface area contributed by atoms with Gasteiger partial charge in [-0.1, -0.05) is 151 Å². The molecule has 8 aromatic carbocycles. The molecule has 0 radical (unpaired) electrons. The third-order valence-electron chi connectivity index (χ3n) is 8.86. The Balaban J connectivity index is 1.30. The first-order valence-corrected chi connectivity index (χ1v) is 15.6. The molecule has 9 rings (SSSR count). The van der Waals surface area contributed by atoms with Crippen molar-refractivity contribution in [2.45, 2.75) is 9.79 Å². The summed E-state index contributed by atoms with van der Waals surface area (Å²) in [4.78, 5) is 2.66. The second-order valence-corrected chi connectivity index (χ2v) is 12.3. The van der Waals surface area contributed by atoms with E-state index in [2.05, 4.69) is 158 Å². The summed E-state index contributed by atoms with van der Waals surface area (Å²) in [6, 6.07) is 57.9. The largest absolute Gasteiger partial charge is 0.0888 e. The van der Waals surface area contributed by atoms with Crippen molar-refractivity contribution in [3.8, 4) is 44.5 Å². The summed E-state index contributed by atoms with van der Waals surface area (Å²) >= 11 is 1.88. The lowest BCUT2D eigenvalue weighted by molar-refractivity contribution is 1.40. The number of fused-ring (bicyclic) bond motifs is 4. The number of hydrogen-bond acceptors (Lipinski definition) is 1. The summed E-state index contributed by atoms with van der Waals surface area (Å²) in [6.45, 7) is 0. The van der Waals surface area contributed by atoms with Crippen molar-refractivity contribution in [1.82, 2.24) is 0 Å². The van der Waals surface area contributed by atoms with Gasteiger partial charge in [0.25, 0.3) is 0 Å². The molecule has 43 heavy (non-hydrogen) atoms. The standard InChI is InChI=1S/C42H26S/c1-2-12-27(13-3-1)40-33-17-4-6-19-35(33)41(36-20-7-5-18-34(36)40)29-15-10-14-28(26-29)30-24-25-37-31-16-8-9-22-38(31)43-39-23-11-21-32(30)42(37)39/h1-26H. The molecule has 0 unspecified atom stereocenters. The minimum absolute atomic E-state index is 1.24. The molecule has 1 heterocycles. The number of hydrogen-bond donors (Lipinski definition) is 0. The third kappa shape index (κ3) is 3.79. The molecule has 1 aliphatic rings. The van der Waals surface area contributed by atoms with Gasteiger partial charge in [-0.15, -0.1) is 0 Å². The quantitative estimate of drug-likeness (QED) is 0.193. The minimum atomic E-state index is 1.24. The first-order valence-electron chi connectivity index (χ1n) is 14.8. The van der Waals surface area contributed by atoms with Crippen LogP contribution in [0, 0.1) is 0 Å². The van der Waals surface area contributed by atoms with Crippen molar-refractivity contribution >= 4 is 44.1 Å². The maximum atomic E-state index is 2.39. The summed E-state index contributed by atoms with van der Waals surface area (Å²) < 4.78 is 0. The van der Waals surface area contributed by atoms with Gasteiger partial charge in [-0.05, 0) is 89.6 Å². The SMILES string of the molecule is c1ccc(-c2c3ccccc3c(-c3cccc(-c4ccc5c6c(cccc46)Sc4ccccc4-5)c3)c3ccccc23)cc1. The molecule has 0 atom stereocenters. The van der Waals surface area contributed by atoms with E-state index in [9.17, 15) is 0 Å². The van der Waals surface area contributed by atoms with Gasteiger partial charge in [0.05, 0.1) is 0 Å². The molecule has 200 valence electrons. The monoisotopic (exact) mass is 562 g/mol. The van der Waals surface area contributed by atoms with Crippen LogP contribution in [0.2, 0.25) is 0 Å². The first-order chi connectivity index (χ1) is 21.3. The van der Waals surface area contributed by atoms with Gasteiger partial charge in [0, 0.05) is 15.2 Å². The maximum absolute atomic E-state index is 2.39. The highest BCUT2D eigenvalue weighted by Crippen LogP contribution is 2.50. The minimum Gasteiger partial charge on any atom is -0.0888 e. The summed E-state index contributed by atoms with van der Waals surface area (Å²) in [5.41, 5.74) is 10.2. The lowest BCUT2D eigenvalue weighted by Gasteiger charge is -2.22. The molecule has 0 amide bonds. The Bertz CT molecular complexity index is 2310. The molecule has 0 spiro atoms. The summed E-state index contributed by atoms with van der Waals surface area (Å²) in [5, 5.41) is 7.79. The van der Waals surface area contributed by atoms with E-state index in [0.717, 1.165) is 0 Å². The Kier molecular flexibility index (Phi) is 5.54. The smallest absolute Gasteiger partial charge is 0.0207 e. The molecular formula is C42H26S. The van der Waals surface area contributed by atoms with Crippen LogP contribution in [0.4, 0.5) is 0 Å². The normalized spacial score (nSPS) is 12.1. The van der Waals surface area contributed by atoms with Crippen LogP contribution < -0.4 is 0 Å². The van der Waals surface area contributed by atoms with Gasteiger partial charge in [0.1, 0.15) is 0 Å². The van der Waals surface area contributed by atoms with Crippen molar-refractivity contribution < 1.29 is 0 Å². The van der Waals surface area contributed by atoms with Crippen LogP contribution in [0.3, 0.4) is 0 Å². The van der Waals surface area contributed by atoms with E-state index in [1.54, 1.807) is 0 Å². The number of benzene rings is 8. The Hall–Kier alpha value is -5.11. The molecular weight excluding hydrogens is 537 g/mol. The van der Waals surface area contributed by atoms with Crippen LogP contribution in [0.1, 0.15) is 0 Å². The summed E-state index contributed by atoms with van der Waals surface area (Å²) in [5.74, 6) is 0. The molecule has 0 aromatic heterocycles. The van der Waals surface area contributed by atoms with Crippen molar-refractivity contribution in [1.29, 1.82) is 0 Å². The average molecular weight is 563 g/mol. The van der Waals surface area contributed by atoms with E-state index >= 15 is 0 Å². The van der Waals surface area contributed by atoms with Crippen LogP contribution in [-0.2, 0) is 0 Å². The molecule has 0 N–H and O–H groups in total. The van der Waals surface area contributed by atoms with Crippen molar-refractivity contribution in [2.24, 2.45) is 0 Å². The van der Waals surface area contributed by atoms with Gasteiger partial charge in [-0.3, -0.25) is 0 Å². The fourth-order valence-electron chi connectivity index (χ4n) is 7.03. The Morgan fingerprint density at radius 1 is 0.302 bits per heavy atom. The third-order valence-corrected chi connectivity index (χ3v) is 9.99. The molecule has 1 aliphatic heterocycles. The fourth-order valence-corrected chi connectivity index (χ4v) is 8.17. The van der Waals surface area contributed by atoms with E-state index in [4.69, 9.17) is 0 Å². The van der Waals surface area contributed by atoms with Gasteiger partial charge in [0.2, 0.25) is 0 Å². The van der Waals surface area contributed by atoms with E-state index < -0.39 is 0 Å². The van der Waals surface area contributed by atoms with Gasteiger partial charge in [-0.2, -0.15) is 0 Å². The Morgan fingerprint density at radius 2 is 0.814 bits per heavy atom. The fraction of sp³-hybridized carbons (Fsp3) is 0. The highest BCUT2D eigenvalue weighted by Gasteiger charge is 2.21. The van der Waals surface area contributed by atoms with E-state index in [0.29, 0.717) is 0 Å². The van der Waals surface area contributed by atoms with E-state index in [1.807, 2.05) is 11.8 Å². The second-order valence-electron chi connectivity index (χ2n) is 11.2. The second kappa shape index (κ2) is 9.73. The molecule has 0 saturated carbocycles. The number of rotatable bonds is 3. The van der Waals surface area contributed by atoms with Crippen molar-refractivity contribution in [3.05, 3.63) is 158 Å². The summed E-state index contributed by atoms with van der Waals surface area (Å²) in [6.07, 6.45) is 0. The van der Waals surface area contributed by atoms with Gasteiger partial charge >= 0.3 is 0 Å². The van der Waals surface area contributed by atoms with Crippen LogP contribution in [0.5, 0.6) is 0 Å². The lowest BCUT2D eigenvalue weighted by atomic mass is 9.85. The highest BCUT2D eigenvalue weighted by molar-refractivity contribution is 7.99. The molecule has 8 aromatic rings. The molecule has 0 bridgehead atoms. The average Bonchev–Trinajstić information content (AvgIpc) is 3.08. The maximum Gasteiger partial charge on any atom is 0.0207 e. The first kappa shape index (κ1) is 24.5. The Morgan fingerprint density at radius 3 is 1.56 bits per heavy atom. The van der Waals surface area contributed by atoms with Gasteiger partial charge in [-0.25, -0.2) is 0 Å². The van der Waals surface area contributed by atoms with Crippen LogP contribution in [-0.4, -0.2) is 0 Å². The highest BCUT2D eigenvalue weighted by atomic mass is 32.2. The molecule has 0 fully saturated rings. The van der Waals surface area contributed by atoms with Crippen LogP contribution in [0.25, 0.3) is 76.8 Å². The van der Waals surface area contributed by atoms with Crippen molar-refractivity contribution in [2.75, 3.05) is 0 Å². The van der Waals surface area contributed by atoms with E-state index in [-0.39, 0.29) is 0 Å². The predicted molar refractivity (Wildman–Crippen MR) is 185 cm³/mol. The lowest BCUT2D eigenvalue weighted by Crippen LogP contribution is -1.94. The van der Waals surface area contributed by atoms with Gasteiger partial charge < -0.3 is 0 Å². The molecule has 1 heteroatoms. The van der Waals surface area contributed by atoms with E-state index in [1.165, 1.54) is 86.6 Å². The Labute approximate surface area is 255 Å². The molecule has 0 aliphatic carbocycles.